The molecule has 0 aliphatic heterocycles. The van der Waals surface area contributed by atoms with Gasteiger partial charge in [0.15, 0.2) is 0 Å². The Morgan fingerprint density at radius 2 is 1.35 bits per heavy atom. The van der Waals surface area contributed by atoms with Crippen molar-refractivity contribution < 1.29 is 4.79 Å². The average Bonchev–Trinajstić information content (AvgIpc) is 2.19. The van der Waals surface area contributed by atoms with Crippen LogP contribution in [-0.4, -0.2) is 13.9 Å². The van der Waals surface area contributed by atoms with Gasteiger partial charge in [-0.05, 0) is 22.0 Å². The molecule has 0 N–H and O–H groups in total. The van der Waals surface area contributed by atoms with Gasteiger partial charge >= 0.3 is 0 Å². The highest BCUT2D eigenvalue weighted by molar-refractivity contribution is 6.90. The lowest BCUT2D eigenvalue weighted by molar-refractivity contribution is -0.119. The second kappa shape index (κ2) is 7.45. The Morgan fingerprint density at radius 3 is 1.65 bits per heavy atom. The minimum atomic E-state index is -1.67. The van der Waals surface area contributed by atoms with Crippen molar-refractivity contribution in [1.29, 1.82) is 0 Å². The van der Waals surface area contributed by atoms with Gasteiger partial charge < -0.3 is 0 Å². The van der Waals surface area contributed by atoms with Gasteiger partial charge in [0, 0.05) is 6.42 Å². The Labute approximate surface area is 127 Å². The fourth-order valence-electron chi connectivity index (χ4n) is 3.38. The van der Waals surface area contributed by atoms with E-state index in [2.05, 4.69) is 73.8 Å². The summed E-state index contributed by atoms with van der Waals surface area (Å²) in [7, 11) is -1.67. The lowest BCUT2D eigenvalue weighted by Gasteiger charge is -2.38. The van der Waals surface area contributed by atoms with Gasteiger partial charge in [0.2, 0.25) is 0 Å². The monoisotopic (exact) mass is 294 g/mol. The Hall–Kier alpha value is -0.553. The van der Waals surface area contributed by atoms with E-state index in [1.807, 2.05) is 0 Å². The van der Waals surface area contributed by atoms with Crippen molar-refractivity contribution in [2.24, 2.45) is 5.41 Å². The highest BCUT2D eigenvalue weighted by Crippen LogP contribution is 2.40. The molecule has 1 nitrogen and oxygen atoms in total. The number of carbonyl (C=O) groups excluding carboxylic acids is 1. The van der Waals surface area contributed by atoms with Crippen LogP contribution in [-0.2, 0) is 4.79 Å². The molecule has 2 heteroatoms. The van der Waals surface area contributed by atoms with Crippen LogP contribution in [0.1, 0.15) is 75.2 Å². The number of carbonyl (C=O) groups is 1. The fourth-order valence-corrected chi connectivity index (χ4v) is 8.64. The topological polar surface area (TPSA) is 17.1 Å². The van der Waals surface area contributed by atoms with E-state index < -0.39 is 8.07 Å². The molecule has 0 saturated heterocycles. The average molecular weight is 295 g/mol. The maximum atomic E-state index is 12.0. The first kappa shape index (κ1) is 19.4. The van der Waals surface area contributed by atoms with E-state index in [-0.39, 0.29) is 11.2 Å². The molecule has 0 aliphatic carbocycles. The lowest BCUT2D eigenvalue weighted by Crippen LogP contribution is -2.43. The van der Waals surface area contributed by atoms with E-state index in [0.717, 1.165) is 0 Å². The molecule has 0 aromatic rings. The summed E-state index contributed by atoms with van der Waals surface area (Å²) in [6, 6.07) is 0. The molecule has 0 radical (unpaired) electrons. The largest absolute Gasteiger partial charge is 0.299 e. The van der Waals surface area contributed by atoms with Crippen molar-refractivity contribution in [2.45, 2.75) is 91.8 Å². The van der Waals surface area contributed by atoms with Gasteiger partial charge in [0.05, 0.1) is 6.42 Å². The van der Waals surface area contributed by atoms with Gasteiger partial charge in [-0.25, -0.2) is 0 Å². The molecule has 0 heterocycles. The molecule has 0 aromatic heterocycles. The van der Waals surface area contributed by atoms with Crippen LogP contribution in [0, 0.1) is 16.9 Å². The summed E-state index contributed by atoms with van der Waals surface area (Å²) in [6.45, 7) is 20.1. The summed E-state index contributed by atoms with van der Waals surface area (Å²) < 4.78 is 0. The van der Waals surface area contributed by atoms with E-state index >= 15 is 0 Å². The third-order valence-electron chi connectivity index (χ3n) is 4.18. The summed E-state index contributed by atoms with van der Waals surface area (Å²) in [4.78, 5) is 12.0. The van der Waals surface area contributed by atoms with Gasteiger partial charge in [0.25, 0.3) is 0 Å². The Bertz CT molecular complexity index is 353. The molecule has 0 aromatic carbocycles. The molecule has 0 unspecified atom stereocenters. The van der Waals surface area contributed by atoms with E-state index in [1.165, 1.54) is 0 Å². The van der Waals surface area contributed by atoms with Gasteiger partial charge in [-0.15, -0.1) is 11.5 Å². The first-order chi connectivity index (χ1) is 8.93. The normalized spacial score (nSPS) is 12.8. The molecule has 0 amide bonds. The summed E-state index contributed by atoms with van der Waals surface area (Å²) >= 11 is 0. The number of rotatable bonds is 5. The van der Waals surface area contributed by atoms with E-state index in [9.17, 15) is 4.79 Å². The Kier molecular flexibility index (Phi) is 7.25. The molecule has 0 fully saturated rings. The van der Waals surface area contributed by atoms with E-state index in [0.29, 0.717) is 29.5 Å². The van der Waals surface area contributed by atoms with Crippen molar-refractivity contribution >= 4 is 13.9 Å². The van der Waals surface area contributed by atoms with Crippen LogP contribution in [0.3, 0.4) is 0 Å². The van der Waals surface area contributed by atoms with Crippen molar-refractivity contribution in [1.82, 2.24) is 0 Å². The summed E-state index contributed by atoms with van der Waals surface area (Å²) in [6.07, 6.45) is 1.06. The predicted octanol–water partition coefficient (Wildman–Crippen LogP) is 5.60. The minimum Gasteiger partial charge on any atom is -0.299 e. The molecule has 0 spiro atoms. The molecule has 0 atom stereocenters. The molecule has 0 bridgehead atoms. The second-order valence-corrected chi connectivity index (χ2v) is 13.7. The smallest absolute Gasteiger partial charge is 0.145 e. The van der Waals surface area contributed by atoms with Crippen molar-refractivity contribution in [3.8, 4) is 11.5 Å². The number of hydrogen-bond donors (Lipinski definition) is 0. The van der Waals surface area contributed by atoms with E-state index in [1.54, 1.807) is 0 Å². The maximum Gasteiger partial charge on any atom is 0.145 e. The summed E-state index contributed by atoms with van der Waals surface area (Å²) in [5, 5.41) is 0. The molecule has 0 saturated carbocycles. The van der Waals surface area contributed by atoms with Crippen molar-refractivity contribution in [3.05, 3.63) is 0 Å². The van der Waals surface area contributed by atoms with Crippen LogP contribution in [0.5, 0.6) is 0 Å². The van der Waals surface area contributed by atoms with Gasteiger partial charge in [-0.2, -0.15) is 0 Å². The quantitative estimate of drug-likeness (QED) is 0.476. The molecule has 116 valence electrons. The predicted molar refractivity (Wildman–Crippen MR) is 92.5 cm³/mol. The van der Waals surface area contributed by atoms with Gasteiger partial charge in [-0.1, -0.05) is 62.3 Å². The third-order valence-corrected chi connectivity index (χ3v) is 10.5. The SMILES string of the molecule is CC(C)[Si](C#CCC(=O)CC(C)(C)C)(C(C)C)C(C)C. The number of Topliss-reactive ketones (excluding diaryl/α,β-unsaturated/α-hetero) is 1. The Morgan fingerprint density at radius 1 is 0.950 bits per heavy atom. The van der Waals surface area contributed by atoms with Crippen LogP contribution in [0.25, 0.3) is 0 Å². The number of ketones is 1. The molecular formula is C18H34OSi. The summed E-state index contributed by atoms with van der Waals surface area (Å²) in [5.74, 6) is 3.54. The zero-order valence-corrected chi connectivity index (χ0v) is 16.1. The lowest BCUT2D eigenvalue weighted by atomic mass is 9.89. The second-order valence-electron chi connectivity index (χ2n) is 8.15. The van der Waals surface area contributed by atoms with Crippen LogP contribution < -0.4 is 0 Å². The molecule has 20 heavy (non-hydrogen) atoms. The maximum absolute atomic E-state index is 12.0. The third kappa shape index (κ3) is 5.44. The van der Waals surface area contributed by atoms with Gasteiger partial charge in [-0.3, -0.25) is 4.79 Å². The van der Waals surface area contributed by atoms with Gasteiger partial charge in [0.1, 0.15) is 13.9 Å². The highest BCUT2D eigenvalue weighted by Gasteiger charge is 2.41. The zero-order chi connectivity index (χ0) is 16.1. The van der Waals surface area contributed by atoms with Crippen LogP contribution in [0.2, 0.25) is 16.6 Å². The molecular weight excluding hydrogens is 260 g/mol. The minimum absolute atomic E-state index is 0.0709. The molecule has 0 rings (SSSR count). The fraction of sp³-hybridized carbons (Fsp3) is 0.833. The number of hydrogen-bond acceptors (Lipinski definition) is 1. The first-order valence-corrected chi connectivity index (χ1v) is 10.2. The Balaban J connectivity index is 5.05. The van der Waals surface area contributed by atoms with Crippen LogP contribution in [0.4, 0.5) is 0 Å². The van der Waals surface area contributed by atoms with Crippen molar-refractivity contribution in [3.63, 3.8) is 0 Å². The van der Waals surface area contributed by atoms with Crippen molar-refractivity contribution in [2.75, 3.05) is 0 Å². The van der Waals surface area contributed by atoms with Crippen LogP contribution >= 0.6 is 0 Å². The summed E-state index contributed by atoms with van der Waals surface area (Å²) in [5.41, 5.74) is 5.58. The zero-order valence-electron chi connectivity index (χ0n) is 15.1. The molecule has 0 aliphatic rings. The standard InChI is InChI=1S/C18H34OSi/c1-14(2)20(15(3)4,16(5)6)12-10-11-17(19)13-18(7,8)9/h14-16H,11,13H2,1-9H3. The van der Waals surface area contributed by atoms with E-state index in [4.69, 9.17) is 0 Å². The highest BCUT2D eigenvalue weighted by atomic mass is 28.3. The van der Waals surface area contributed by atoms with Crippen LogP contribution in [0.15, 0.2) is 0 Å². The first-order valence-electron chi connectivity index (χ1n) is 7.95.